The van der Waals surface area contributed by atoms with Crippen LogP contribution >= 0.6 is 0 Å². The molecule has 1 N–H and O–H groups in total. The van der Waals surface area contributed by atoms with Gasteiger partial charge in [0.2, 0.25) is 6.29 Å². The molecule has 18 nitrogen and oxygen atoms in total. The molecule has 1 aromatic heterocycles. The monoisotopic (exact) mass is 514 g/mol. The van der Waals surface area contributed by atoms with Gasteiger partial charge in [-0.3, -0.25) is 19.2 Å². The average molecular weight is 514 g/mol. The highest BCUT2D eigenvalue weighted by Gasteiger charge is 2.37. The molecule has 2 rings (SSSR count). The Labute approximate surface area is 201 Å². The van der Waals surface area contributed by atoms with Gasteiger partial charge < -0.3 is 23.7 Å². The minimum Gasteiger partial charge on any atom is -0.432 e. The number of hydrogen-bond acceptors (Lipinski definition) is 13. The number of carbonyl (C=O) groups is 2. The van der Waals surface area contributed by atoms with Crippen LogP contribution in [0.4, 0.5) is 9.59 Å². The highest BCUT2D eigenvalue weighted by molar-refractivity contribution is 5.60. The minimum absolute atomic E-state index is 0.0979. The molecule has 2 heterocycles. The van der Waals surface area contributed by atoms with Crippen molar-refractivity contribution in [3.05, 3.63) is 65.3 Å². The molecule has 1 aliphatic rings. The Hall–Kier alpha value is -4.57. The summed E-state index contributed by atoms with van der Waals surface area (Å²) in [5.41, 5.74) is 7.81. The van der Waals surface area contributed by atoms with E-state index in [0.717, 1.165) is 11.5 Å². The van der Waals surface area contributed by atoms with E-state index in [0.29, 0.717) is 0 Å². The minimum atomic E-state index is -1.45. The van der Waals surface area contributed by atoms with E-state index in [1.54, 1.807) is 0 Å². The molecule has 196 valence electrons. The van der Waals surface area contributed by atoms with Crippen molar-refractivity contribution in [1.82, 2.24) is 9.55 Å². The van der Waals surface area contributed by atoms with Crippen molar-refractivity contribution in [3.63, 3.8) is 0 Å². The largest absolute Gasteiger partial charge is 0.510 e. The first-order valence-corrected chi connectivity index (χ1v) is 10.2. The summed E-state index contributed by atoms with van der Waals surface area (Å²) < 4.78 is 25.6. The van der Waals surface area contributed by atoms with Crippen LogP contribution in [0.3, 0.4) is 0 Å². The van der Waals surface area contributed by atoms with E-state index in [1.165, 1.54) is 25.3 Å². The van der Waals surface area contributed by atoms with Crippen molar-refractivity contribution in [1.29, 1.82) is 0 Å². The fourth-order valence-corrected chi connectivity index (χ4v) is 2.90. The van der Waals surface area contributed by atoms with Gasteiger partial charge in [0, 0.05) is 23.1 Å². The number of H-pyrrole nitrogens is 1. The van der Waals surface area contributed by atoms with E-state index in [4.69, 9.17) is 19.7 Å². The zero-order valence-electron chi connectivity index (χ0n) is 19.0. The Morgan fingerprint density at radius 2 is 2.00 bits per heavy atom. The number of azide groups is 1. The molecule has 0 amide bonds. The summed E-state index contributed by atoms with van der Waals surface area (Å²) in [6.07, 6.45) is -1.44. The molecule has 1 fully saturated rings. The number of rotatable bonds is 11. The molecular formula is C18H22N6O12. The topological polar surface area (TPSA) is 236 Å². The zero-order chi connectivity index (χ0) is 26.7. The van der Waals surface area contributed by atoms with E-state index in [2.05, 4.69) is 29.3 Å². The van der Waals surface area contributed by atoms with Crippen LogP contribution in [-0.4, -0.2) is 65.2 Å². The fraction of sp³-hybridized carbons (Fsp3) is 0.556. The van der Waals surface area contributed by atoms with Gasteiger partial charge in [-0.25, -0.2) is 14.4 Å². The van der Waals surface area contributed by atoms with Crippen molar-refractivity contribution in [2.24, 2.45) is 5.11 Å². The van der Waals surface area contributed by atoms with Crippen LogP contribution in [0, 0.1) is 17.0 Å². The maximum Gasteiger partial charge on any atom is 0.510 e. The van der Waals surface area contributed by atoms with Crippen molar-refractivity contribution >= 4 is 12.3 Å². The maximum atomic E-state index is 12.1. The first-order valence-electron chi connectivity index (χ1n) is 10.2. The Morgan fingerprint density at radius 3 is 2.64 bits per heavy atom. The van der Waals surface area contributed by atoms with Crippen LogP contribution in [0.15, 0.2) is 33.1 Å². The second kappa shape index (κ2) is 13.4. The molecule has 1 aromatic rings. The summed E-state index contributed by atoms with van der Waals surface area (Å²) in [7, 11) is 0. The lowest BCUT2D eigenvalue weighted by molar-refractivity contribution is -0.777. The van der Waals surface area contributed by atoms with Crippen LogP contribution in [0.2, 0.25) is 0 Å². The third kappa shape index (κ3) is 8.65. The smallest absolute Gasteiger partial charge is 0.432 e. The van der Waals surface area contributed by atoms with E-state index in [1.807, 2.05) is 0 Å². The number of nitrogens with one attached hydrogen (secondary N) is 1. The molecule has 4 atom stereocenters. The number of aromatic nitrogens is 2. The van der Waals surface area contributed by atoms with Gasteiger partial charge in [-0.2, -0.15) is 0 Å². The van der Waals surface area contributed by atoms with Gasteiger partial charge in [-0.15, -0.1) is 10.1 Å². The molecule has 18 heteroatoms. The number of nitrogens with zero attached hydrogens (tertiary/aromatic N) is 5. The van der Waals surface area contributed by atoms with E-state index in [9.17, 15) is 29.3 Å². The summed E-state index contributed by atoms with van der Waals surface area (Å²) in [5.74, 6) is 0. The number of hydrogen-bond donors (Lipinski definition) is 1. The number of ether oxygens (including phenoxy) is 5. The van der Waals surface area contributed by atoms with Crippen LogP contribution < -0.4 is 11.2 Å². The van der Waals surface area contributed by atoms with Gasteiger partial charge in [0.15, 0.2) is 0 Å². The highest BCUT2D eigenvalue weighted by atomic mass is 17.0. The summed E-state index contributed by atoms with van der Waals surface area (Å²) in [5, 5.41) is 12.6. The Bertz CT molecular complexity index is 1140. The summed E-state index contributed by atoms with van der Waals surface area (Å²) in [6.45, 7) is 1.75. The van der Waals surface area contributed by atoms with Gasteiger partial charge >= 0.3 is 18.0 Å². The molecule has 0 aliphatic carbocycles. The molecule has 36 heavy (non-hydrogen) atoms. The van der Waals surface area contributed by atoms with Crippen LogP contribution in [-0.2, 0) is 28.5 Å². The summed E-state index contributed by atoms with van der Waals surface area (Å²) >= 11 is 0. The van der Waals surface area contributed by atoms with Crippen molar-refractivity contribution in [2.75, 3.05) is 19.8 Å². The quantitative estimate of drug-likeness (QED) is 0.0641. The van der Waals surface area contributed by atoms with Gasteiger partial charge in [-0.05, 0) is 31.5 Å². The predicted octanol–water partition coefficient (Wildman–Crippen LogP) is 1.23. The second-order valence-corrected chi connectivity index (χ2v) is 7.03. The molecule has 0 bridgehead atoms. The number of aromatic amines is 1. The lowest BCUT2D eigenvalue weighted by Gasteiger charge is -2.16. The molecule has 1 saturated heterocycles. The lowest BCUT2D eigenvalue weighted by Crippen LogP contribution is -2.33. The van der Waals surface area contributed by atoms with Crippen LogP contribution in [0.1, 0.15) is 25.1 Å². The average Bonchev–Trinajstić information content (AvgIpc) is 3.19. The third-order valence-corrected chi connectivity index (χ3v) is 4.48. The molecule has 0 radical (unpaired) electrons. The molecule has 0 saturated carbocycles. The van der Waals surface area contributed by atoms with Gasteiger partial charge in [-0.1, -0.05) is 5.11 Å². The standard InChI is InChI=1S/C18H22N6O12/c1-10-8-23(16(26)20-15(10)25)14-7-12(21-22-19)13(35-14)9-33-17(27)31-5-3-4-6-32-18(28)34-11(2)36-24(29)30/h3-4,8,11-14H,5-7,9H2,1-2H3,(H,20,25,26)/b4-3-/t11?,12-,13?,14?/m1/s1. The van der Waals surface area contributed by atoms with Crippen molar-refractivity contribution < 1.29 is 43.2 Å². The molecule has 0 aromatic carbocycles. The molecule has 0 spiro atoms. The SMILES string of the molecule is Cc1cn(C2C[C@@H](N=[N+]=[N-])C(COC(=O)OC/C=C\COC(=O)OC(C)O[N+](=O)[O-])O2)c(=O)[nH]c1=O. The number of carbonyl (C=O) groups excluding carboxylic acids is 2. The van der Waals surface area contributed by atoms with E-state index < -0.39 is 53.3 Å². The summed E-state index contributed by atoms with van der Waals surface area (Å²) in [6, 6.07) is -0.762. The Kier molecular flexibility index (Phi) is 10.3. The Balaban J connectivity index is 1.75. The number of aryl methyl sites for hydroxylation is 1. The molecule has 1 aliphatic heterocycles. The van der Waals surface area contributed by atoms with E-state index >= 15 is 0 Å². The van der Waals surface area contributed by atoms with Crippen molar-refractivity contribution in [3.8, 4) is 0 Å². The highest BCUT2D eigenvalue weighted by Crippen LogP contribution is 2.30. The van der Waals surface area contributed by atoms with E-state index in [-0.39, 0.29) is 31.8 Å². The molecular weight excluding hydrogens is 492 g/mol. The van der Waals surface area contributed by atoms with Gasteiger partial charge in [0.05, 0.1) is 6.04 Å². The Morgan fingerprint density at radius 1 is 1.33 bits per heavy atom. The van der Waals surface area contributed by atoms with Gasteiger partial charge in [0.25, 0.3) is 10.6 Å². The maximum absolute atomic E-state index is 12.1. The summed E-state index contributed by atoms with van der Waals surface area (Å²) in [4.78, 5) is 65.6. The predicted molar refractivity (Wildman–Crippen MR) is 114 cm³/mol. The van der Waals surface area contributed by atoms with Crippen LogP contribution in [0.5, 0.6) is 0 Å². The zero-order valence-corrected chi connectivity index (χ0v) is 19.0. The second-order valence-electron chi connectivity index (χ2n) is 7.03. The molecule has 3 unspecified atom stereocenters. The van der Waals surface area contributed by atoms with Crippen LogP contribution in [0.25, 0.3) is 10.4 Å². The lowest BCUT2D eigenvalue weighted by atomic mass is 10.1. The first-order chi connectivity index (χ1) is 17.1. The van der Waals surface area contributed by atoms with Crippen molar-refractivity contribution in [2.45, 2.75) is 44.9 Å². The first kappa shape index (κ1) is 27.7. The normalized spacial score (nSPS) is 19.7. The fourth-order valence-electron chi connectivity index (χ4n) is 2.90. The third-order valence-electron chi connectivity index (χ3n) is 4.48. The van der Waals surface area contributed by atoms with Gasteiger partial charge in [0.1, 0.15) is 32.2 Å².